The highest BCUT2D eigenvalue weighted by Crippen LogP contribution is 2.15. The molecule has 1 aromatic carbocycles. The van der Waals surface area contributed by atoms with Crippen LogP contribution in [0.1, 0.15) is 19.4 Å². The van der Waals surface area contributed by atoms with E-state index in [2.05, 4.69) is 15.5 Å². The summed E-state index contributed by atoms with van der Waals surface area (Å²) in [7, 11) is 0. The minimum absolute atomic E-state index is 0.0994. The van der Waals surface area contributed by atoms with Crippen LogP contribution in [0.15, 0.2) is 30.6 Å². The summed E-state index contributed by atoms with van der Waals surface area (Å²) in [5, 5.41) is 11.0. The first-order valence-electron chi connectivity index (χ1n) is 7.37. The molecule has 0 bridgehead atoms. The molecule has 22 heavy (non-hydrogen) atoms. The maximum absolute atomic E-state index is 12.5. The van der Waals surface area contributed by atoms with Crippen molar-refractivity contribution in [3.8, 4) is 5.69 Å². The minimum Gasteiger partial charge on any atom is -0.375 e. The fourth-order valence-electron chi connectivity index (χ4n) is 2.57. The number of ether oxygens (including phenoxy) is 1. The molecule has 7 heteroatoms. The number of aromatic nitrogens is 4. The zero-order valence-electron chi connectivity index (χ0n) is 12.7. The van der Waals surface area contributed by atoms with E-state index in [1.165, 1.54) is 6.33 Å². The molecule has 2 heterocycles. The van der Waals surface area contributed by atoms with Crippen molar-refractivity contribution < 1.29 is 9.53 Å². The van der Waals surface area contributed by atoms with Crippen LogP contribution in [0.4, 0.5) is 0 Å². The van der Waals surface area contributed by atoms with Gasteiger partial charge in [0.1, 0.15) is 6.33 Å². The Hall–Kier alpha value is -2.28. The van der Waals surface area contributed by atoms with Gasteiger partial charge in [0.2, 0.25) is 5.91 Å². The second-order valence-corrected chi connectivity index (χ2v) is 5.64. The molecule has 2 aromatic rings. The van der Waals surface area contributed by atoms with E-state index in [1.54, 1.807) is 4.68 Å². The van der Waals surface area contributed by atoms with E-state index < -0.39 is 0 Å². The Morgan fingerprint density at radius 3 is 2.77 bits per heavy atom. The molecular formula is C15H19N5O2. The standard InChI is InChI=1S/C15H19N5O2/c1-11-9-22-12(2)8-19(11)15(21)7-13-3-5-14(6-4-13)20-10-16-17-18-20/h3-6,10-12H,7-9H2,1-2H3. The summed E-state index contributed by atoms with van der Waals surface area (Å²) in [6.07, 6.45) is 2.03. The average Bonchev–Trinajstić information content (AvgIpc) is 3.05. The van der Waals surface area contributed by atoms with Gasteiger partial charge in [0.15, 0.2) is 0 Å². The molecule has 1 amide bonds. The van der Waals surface area contributed by atoms with Gasteiger partial charge in [-0.05, 0) is 42.0 Å². The number of amides is 1. The zero-order valence-corrected chi connectivity index (χ0v) is 12.7. The smallest absolute Gasteiger partial charge is 0.227 e. The Balaban J connectivity index is 1.66. The number of benzene rings is 1. The van der Waals surface area contributed by atoms with Gasteiger partial charge >= 0.3 is 0 Å². The highest BCUT2D eigenvalue weighted by Gasteiger charge is 2.27. The van der Waals surface area contributed by atoms with E-state index in [0.717, 1.165) is 11.3 Å². The molecule has 7 nitrogen and oxygen atoms in total. The van der Waals surface area contributed by atoms with Crippen LogP contribution in [0.5, 0.6) is 0 Å². The molecule has 1 aliphatic heterocycles. The molecule has 0 saturated carbocycles. The number of tetrazole rings is 1. The van der Waals surface area contributed by atoms with E-state index >= 15 is 0 Å². The van der Waals surface area contributed by atoms with E-state index in [4.69, 9.17) is 4.74 Å². The van der Waals surface area contributed by atoms with Crippen molar-refractivity contribution in [2.45, 2.75) is 32.4 Å². The van der Waals surface area contributed by atoms with Crippen molar-refractivity contribution in [3.05, 3.63) is 36.2 Å². The van der Waals surface area contributed by atoms with E-state index in [0.29, 0.717) is 19.6 Å². The van der Waals surface area contributed by atoms with Crippen molar-refractivity contribution in [1.82, 2.24) is 25.1 Å². The molecule has 116 valence electrons. The van der Waals surface area contributed by atoms with Gasteiger partial charge < -0.3 is 9.64 Å². The van der Waals surface area contributed by atoms with Crippen molar-refractivity contribution in [2.24, 2.45) is 0 Å². The Morgan fingerprint density at radius 1 is 1.32 bits per heavy atom. The molecule has 1 saturated heterocycles. The number of carbonyl (C=O) groups excluding carboxylic acids is 1. The van der Waals surface area contributed by atoms with Gasteiger partial charge in [0.05, 0.1) is 30.9 Å². The molecule has 3 rings (SSSR count). The van der Waals surface area contributed by atoms with Gasteiger partial charge in [-0.1, -0.05) is 12.1 Å². The molecule has 1 fully saturated rings. The van der Waals surface area contributed by atoms with Crippen LogP contribution in [0.2, 0.25) is 0 Å². The normalized spacial score (nSPS) is 21.8. The predicted molar refractivity (Wildman–Crippen MR) is 79.4 cm³/mol. The van der Waals surface area contributed by atoms with Gasteiger partial charge in [-0.3, -0.25) is 4.79 Å². The highest BCUT2D eigenvalue weighted by atomic mass is 16.5. The Labute approximate surface area is 128 Å². The lowest BCUT2D eigenvalue weighted by Crippen LogP contribution is -2.50. The number of rotatable bonds is 3. The summed E-state index contributed by atoms with van der Waals surface area (Å²) in [4.78, 5) is 14.4. The summed E-state index contributed by atoms with van der Waals surface area (Å²) in [5.74, 6) is 0.137. The molecule has 2 atom stereocenters. The zero-order chi connectivity index (χ0) is 15.5. The summed E-state index contributed by atoms with van der Waals surface area (Å²) in [5.41, 5.74) is 1.85. The van der Waals surface area contributed by atoms with Gasteiger partial charge in [0, 0.05) is 6.54 Å². The predicted octanol–water partition coefficient (Wildman–Crippen LogP) is 0.841. The Bertz CT molecular complexity index is 626. The number of nitrogens with zero attached hydrogens (tertiary/aromatic N) is 5. The summed E-state index contributed by atoms with van der Waals surface area (Å²) >= 11 is 0. The van der Waals surface area contributed by atoms with Crippen molar-refractivity contribution in [2.75, 3.05) is 13.2 Å². The number of carbonyl (C=O) groups is 1. The van der Waals surface area contributed by atoms with Crippen LogP contribution in [0.3, 0.4) is 0 Å². The first-order chi connectivity index (χ1) is 10.6. The van der Waals surface area contributed by atoms with Crippen LogP contribution in [-0.4, -0.2) is 56.3 Å². The van der Waals surface area contributed by atoms with Crippen LogP contribution in [0.25, 0.3) is 5.69 Å². The fourth-order valence-corrected chi connectivity index (χ4v) is 2.57. The largest absolute Gasteiger partial charge is 0.375 e. The molecule has 2 unspecified atom stereocenters. The minimum atomic E-state index is 0.0994. The molecule has 0 spiro atoms. The summed E-state index contributed by atoms with van der Waals surface area (Å²) in [6.45, 7) is 5.27. The third-order valence-corrected chi connectivity index (χ3v) is 3.83. The first kappa shape index (κ1) is 14.6. The molecular weight excluding hydrogens is 282 g/mol. The van der Waals surface area contributed by atoms with E-state index in [9.17, 15) is 4.79 Å². The van der Waals surface area contributed by atoms with Crippen molar-refractivity contribution >= 4 is 5.91 Å². The van der Waals surface area contributed by atoms with Gasteiger partial charge in [-0.15, -0.1) is 5.10 Å². The monoisotopic (exact) mass is 301 g/mol. The molecule has 1 aromatic heterocycles. The average molecular weight is 301 g/mol. The number of hydrogen-bond donors (Lipinski definition) is 0. The second-order valence-electron chi connectivity index (χ2n) is 5.64. The number of hydrogen-bond acceptors (Lipinski definition) is 5. The molecule has 1 aliphatic rings. The quantitative estimate of drug-likeness (QED) is 0.840. The topological polar surface area (TPSA) is 73.1 Å². The maximum Gasteiger partial charge on any atom is 0.227 e. The SMILES string of the molecule is CC1CN(C(=O)Cc2ccc(-n3cnnn3)cc2)C(C)CO1. The Kier molecular flexibility index (Phi) is 4.15. The van der Waals surface area contributed by atoms with Gasteiger partial charge in [-0.2, -0.15) is 0 Å². The molecule has 0 N–H and O–H groups in total. The van der Waals surface area contributed by atoms with Gasteiger partial charge in [-0.25, -0.2) is 4.68 Å². The van der Waals surface area contributed by atoms with Crippen LogP contribution >= 0.6 is 0 Å². The summed E-state index contributed by atoms with van der Waals surface area (Å²) in [6, 6.07) is 7.81. The highest BCUT2D eigenvalue weighted by molar-refractivity contribution is 5.79. The van der Waals surface area contributed by atoms with Crippen LogP contribution < -0.4 is 0 Å². The van der Waals surface area contributed by atoms with E-state index in [1.807, 2.05) is 43.0 Å². The van der Waals surface area contributed by atoms with E-state index in [-0.39, 0.29) is 18.1 Å². The lowest BCUT2D eigenvalue weighted by atomic mass is 10.1. The lowest BCUT2D eigenvalue weighted by molar-refractivity contribution is -0.142. The van der Waals surface area contributed by atoms with Crippen LogP contribution in [-0.2, 0) is 16.0 Å². The Morgan fingerprint density at radius 2 is 2.09 bits per heavy atom. The lowest BCUT2D eigenvalue weighted by Gasteiger charge is -2.36. The second kappa shape index (κ2) is 6.23. The third-order valence-electron chi connectivity index (χ3n) is 3.83. The van der Waals surface area contributed by atoms with Gasteiger partial charge in [0.25, 0.3) is 0 Å². The number of morpholine rings is 1. The van der Waals surface area contributed by atoms with Crippen molar-refractivity contribution in [3.63, 3.8) is 0 Å². The third kappa shape index (κ3) is 3.14. The van der Waals surface area contributed by atoms with Crippen LogP contribution in [0, 0.1) is 0 Å². The fraction of sp³-hybridized carbons (Fsp3) is 0.467. The van der Waals surface area contributed by atoms with Crippen molar-refractivity contribution in [1.29, 1.82) is 0 Å². The maximum atomic E-state index is 12.5. The molecule has 0 aliphatic carbocycles. The summed E-state index contributed by atoms with van der Waals surface area (Å²) < 4.78 is 7.14. The molecule has 0 radical (unpaired) electrons. The first-order valence-corrected chi connectivity index (χ1v) is 7.37.